The van der Waals surface area contributed by atoms with Gasteiger partial charge in [-0.15, -0.1) is 0 Å². The molecule has 12 heteroatoms. The molecule has 3 aromatic rings. The molecular formula is C35H32F4N2O6. The third-order valence-corrected chi connectivity index (χ3v) is 9.08. The number of ether oxygens (including phenoxy) is 2. The van der Waals surface area contributed by atoms with E-state index in [1.165, 1.54) is 19.2 Å². The molecule has 246 valence electrons. The third kappa shape index (κ3) is 6.81. The molecule has 3 aliphatic rings. The van der Waals surface area contributed by atoms with Gasteiger partial charge in [-0.3, -0.25) is 9.59 Å². The highest BCUT2D eigenvalue weighted by Crippen LogP contribution is 2.54. The second-order valence-corrected chi connectivity index (χ2v) is 12.2. The van der Waals surface area contributed by atoms with Gasteiger partial charge in [0.1, 0.15) is 23.9 Å². The minimum Gasteiger partial charge on any atom is -0.496 e. The summed E-state index contributed by atoms with van der Waals surface area (Å²) in [6.45, 7) is 0.0262. The van der Waals surface area contributed by atoms with E-state index in [1.807, 2.05) is 0 Å². The lowest BCUT2D eigenvalue weighted by Crippen LogP contribution is -2.48. The summed E-state index contributed by atoms with van der Waals surface area (Å²) in [6, 6.07) is 12.6. The molecule has 6 rings (SSSR count). The Balaban J connectivity index is 1.24. The highest BCUT2D eigenvalue weighted by Gasteiger charge is 2.55. The quantitative estimate of drug-likeness (QED) is 0.163. The number of carbonyl (C=O) groups excluding carboxylic acids is 2. The van der Waals surface area contributed by atoms with Crippen molar-refractivity contribution < 1.29 is 46.5 Å². The number of rotatable bonds is 10. The van der Waals surface area contributed by atoms with Gasteiger partial charge in [0.25, 0.3) is 5.91 Å². The summed E-state index contributed by atoms with van der Waals surface area (Å²) in [5, 5.41) is 14.8. The Kier molecular flexibility index (Phi) is 8.69. The van der Waals surface area contributed by atoms with E-state index >= 15 is 0 Å². The topological polar surface area (TPSA) is 114 Å². The van der Waals surface area contributed by atoms with Crippen LogP contribution >= 0.6 is 0 Å². The number of halogens is 4. The molecule has 8 nitrogen and oxygen atoms in total. The highest BCUT2D eigenvalue weighted by atomic mass is 19.4. The maximum Gasteiger partial charge on any atom is 0.419 e. The van der Waals surface area contributed by atoms with Gasteiger partial charge in [0, 0.05) is 17.6 Å². The lowest BCUT2D eigenvalue weighted by atomic mass is 9.83. The van der Waals surface area contributed by atoms with Crippen LogP contribution in [0.4, 0.5) is 23.2 Å². The lowest BCUT2D eigenvalue weighted by molar-refractivity contribution is -0.140. The van der Waals surface area contributed by atoms with E-state index in [9.17, 15) is 37.1 Å². The number of nitrogens with one attached hydrogen (secondary N) is 2. The van der Waals surface area contributed by atoms with Crippen LogP contribution in [0, 0.1) is 29.5 Å². The van der Waals surface area contributed by atoms with Crippen LogP contribution in [0.3, 0.4) is 0 Å². The summed E-state index contributed by atoms with van der Waals surface area (Å²) in [7, 11) is 1.42. The van der Waals surface area contributed by atoms with E-state index in [4.69, 9.17) is 9.47 Å². The molecule has 3 aliphatic carbocycles. The largest absolute Gasteiger partial charge is 0.496 e. The van der Waals surface area contributed by atoms with Crippen LogP contribution in [0.2, 0.25) is 0 Å². The van der Waals surface area contributed by atoms with Crippen molar-refractivity contribution in [3.05, 3.63) is 100 Å². The molecule has 47 heavy (non-hydrogen) atoms. The molecule has 0 saturated heterocycles. The van der Waals surface area contributed by atoms with Crippen molar-refractivity contribution in [1.82, 2.24) is 5.32 Å². The number of carboxylic acid groups (broad SMARTS) is 1. The smallest absolute Gasteiger partial charge is 0.419 e. The van der Waals surface area contributed by atoms with E-state index in [1.54, 1.807) is 30.3 Å². The Morgan fingerprint density at radius 3 is 2.45 bits per heavy atom. The van der Waals surface area contributed by atoms with Crippen LogP contribution in [-0.2, 0) is 17.6 Å². The standard InChI is InChI=1S/C35H32F4N2O6/c1-46-29-12-7-19(17-47-22-4-2-3-20(15-22)34(44)45)14-26(29)32(42)41-31-24-10-9-23(25(24)13-18-5-6-18)30(31)33(43)40-21-8-11-28(36)27(16-21)35(37,38)39/h2-4,7-8,11-16,18,23-24,30-31H,5-6,9-10,17H2,1H3,(H,40,43)(H,41,42)(H,44,45)/b25-13-/t23-,24+,30-,31+/m0/s1. The SMILES string of the molecule is COc1ccc(COc2cccc(C(=O)O)c2)cc1C(=O)N[C@H]1[C@@H](C(=O)Nc2ccc(F)c(C(F)(F)F)c2)[C@H]2CC[C@@H]1/C2=C\C1CC1. The molecule has 3 aromatic carbocycles. The molecule has 0 spiro atoms. The van der Waals surface area contributed by atoms with Crippen LogP contribution in [-0.4, -0.2) is 36.0 Å². The number of benzene rings is 3. The summed E-state index contributed by atoms with van der Waals surface area (Å²) in [5.74, 6) is -3.65. The predicted molar refractivity (Wildman–Crippen MR) is 163 cm³/mol. The molecule has 2 amide bonds. The normalized spacial score (nSPS) is 22.6. The van der Waals surface area contributed by atoms with E-state index < -0.39 is 47.3 Å². The maximum absolute atomic E-state index is 13.9. The van der Waals surface area contributed by atoms with Crippen LogP contribution in [0.5, 0.6) is 11.5 Å². The molecule has 0 heterocycles. The maximum atomic E-state index is 13.9. The minimum absolute atomic E-state index is 0.0262. The van der Waals surface area contributed by atoms with Gasteiger partial charge in [-0.2, -0.15) is 13.2 Å². The molecule has 0 aliphatic heterocycles. The lowest BCUT2D eigenvalue weighted by Gasteiger charge is -2.30. The summed E-state index contributed by atoms with van der Waals surface area (Å²) < 4.78 is 65.2. The first-order valence-electron chi connectivity index (χ1n) is 15.3. The summed E-state index contributed by atoms with van der Waals surface area (Å²) >= 11 is 0. The number of hydrogen-bond acceptors (Lipinski definition) is 5. The summed E-state index contributed by atoms with van der Waals surface area (Å²) in [5.41, 5.74) is 0.282. The van der Waals surface area contributed by atoms with Crippen molar-refractivity contribution >= 4 is 23.5 Å². The number of methoxy groups -OCH3 is 1. The van der Waals surface area contributed by atoms with Crippen LogP contribution < -0.4 is 20.1 Å². The second kappa shape index (κ2) is 12.7. The fourth-order valence-corrected chi connectivity index (χ4v) is 6.74. The molecule has 0 aromatic heterocycles. The van der Waals surface area contributed by atoms with Crippen molar-refractivity contribution in [1.29, 1.82) is 0 Å². The van der Waals surface area contributed by atoms with Crippen molar-refractivity contribution in [3.63, 3.8) is 0 Å². The van der Waals surface area contributed by atoms with Crippen LogP contribution in [0.15, 0.2) is 72.3 Å². The molecule has 3 fully saturated rings. The number of anilines is 1. The van der Waals surface area contributed by atoms with Gasteiger partial charge in [-0.05, 0) is 91.6 Å². The van der Waals surface area contributed by atoms with Gasteiger partial charge < -0.3 is 25.2 Å². The van der Waals surface area contributed by atoms with Gasteiger partial charge >= 0.3 is 12.1 Å². The van der Waals surface area contributed by atoms with Crippen LogP contribution in [0.1, 0.15) is 57.5 Å². The molecule has 3 saturated carbocycles. The average Bonchev–Trinajstić information content (AvgIpc) is 3.72. The number of alkyl halides is 3. The zero-order valence-electron chi connectivity index (χ0n) is 25.3. The summed E-state index contributed by atoms with van der Waals surface area (Å²) in [6.07, 6.45) is 0.775. The van der Waals surface area contributed by atoms with Gasteiger partial charge in [0.05, 0.1) is 29.7 Å². The zero-order chi connectivity index (χ0) is 33.5. The highest BCUT2D eigenvalue weighted by molar-refractivity contribution is 5.99. The number of amides is 2. The first kappa shape index (κ1) is 32.1. The molecule has 2 bridgehead atoms. The Hall–Kier alpha value is -4.87. The Morgan fingerprint density at radius 1 is 0.979 bits per heavy atom. The number of carboxylic acids is 1. The van der Waals surface area contributed by atoms with Crippen molar-refractivity contribution in [3.8, 4) is 11.5 Å². The Bertz CT molecular complexity index is 1750. The van der Waals surface area contributed by atoms with Gasteiger partial charge in [0.2, 0.25) is 5.91 Å². The number of aromatic carboxylic acids is 1. The third-order valence-electron chi connectivity index (χ3n) is 9.08. The van der Waals surface area contributed by atoms with E-state index in [2.05, 4.69) is 16.7 Å². The zero-order valence-corrected chi connectivity index (χ0v) is 25.3. The average molecular weight is 653 g/mol. The Morgan fingerprint density at radius 2 is 1.74 bits per heavy atom. The van der Waals surface area contributed by atoms with Crippen LogP contribution in [0.25, 0.3) is 0 Å². The van der Waals surface area contributed by atoms with Gasteiger partial charge in [-0.1, -0.05) is 23.8 Å². The summed E-state index contributed by atoms with van der Waals surface area (Å²) in [4.78, 5) is 38.9. The molecular weight excluding hydrogens is 620 g/mol. The van der Waals surface area contributed by atoms with Crippen molar-refractivity contribution in [2.45, 2.75) is 44.5 Å². The Labute approximate surface area is 267 Å². The fourth-order valence-electron chi connectivity index (χ4n) is 6.74. The minimum atomic E-state index is -4.94. The van der Waals surface area contributed by atoms with Crippen molar-refractivity contribution in [2.75, 3.05) is 12.4 Å². The molecule has 3 N–H and O–H groups in total. The first-order chi connectivity index (χ1) is 22.4. The van der Waals surface area contributed by atoms with E-state index in [-0.39, 0.29) is 41.0 Å². The number of allylic oxidation sites excluding steroid dienone is 1. The molecule has 0 unspecified atom stereocenters. The fraction of sp³-hybridized carbons (Fsp3) is 0.343. The van der Waals surface area contributed by atoms with E-state index in [0.29, 0.717) is 35.8 Å². The van der Waals surface area contributed by atoms with Crippen molar-refractivity contribution in [2.24, 2.45) is 23.7 Å². The number of carbonyl (C=O) groups is 3. The number of fused-ring (bicyclic) bond motifs is 2. The molecule has 4 atom stereocenters. The van der Waals surface area contributed by atoms with E-state index in [0.717, 1.165) is 30.9 Å². The number of hydrogen-bond donors (Lipinski definition) is 3. The van der Waals surface area contributed by atoms with Gasteiger partial charge in [-0.25, -0.2) is 9.18 Å². The monoisotopic (exact) mass is 652 g/mol. The first-order valence-corrected chi connectivity index (χ1v) is 15.3. The molecule has 0 radical (unpaired) electrons. The predicted octanol–water partition coefficient (Wildman–Crippen LogP) is 6.86. The second-order valence-electron chi connectivity index (χ2n) is 12.2. The van der Waals surface area contributed by atoms with Gasteiger partial charge in [0.15, 0.2) is 0 Å².